The first kappa shape index (κ1) is 16.9. The van der Waals surface area contributed by atoms with Gasteiger partial charge in [-0.05, 0) is 24.8 Å². The number of thiophene rings is 1. The van der Waals surface area contributed by atoms with Crippen LogP contribution in [-0.2, 0) is 4.74 Å². The van der Waals surface area contributed by atoms with Crippen LogP contribution in [0.15, 0.2) is 12.3 Å². The molecular weight excluding hydrogens is 328 g/mol. The Kier molecular flexibility index (Phi) is 5.17. The smallest absolute Gasteiger partial charge is 0.260 e. The lowest BCUT2D eigenvalue weighted by atomic mass is 9.98. The zero-order chi connectivity index (χ0) is 17.1. The number of nitrogens with zero attached hydrogens (tertiary/aromatic N) is 2. The number of ether oxygens (including phenoxy) is 1. The topological polar surface area (TPSA) is 115 Å². The molecule has 1 unspecified atom stereocenters. The molecule has 1 amide bonds. The van der Waals surface area contributed by atoms with Crippen LogP contribution >= 0.6 is 11.3 Å². The molecule has 24 heavy (non-hydrogen) atoms. The molecule has 5 N–H and O–H groups in total. The highest BCUT2D eigenvalue weighted by molar-refractivity contribution is 7.21. The summed E-state index contributed by atoms with van der Waals surface area (Å²) in [6.07, 6.45) is 3.90. The van der Waals surface area contributed by atoms with E-state index in [-0.39, 0.29) is 6.61 Å². The lowest BCUT2D eigenvalue weighted by molar-refractivity contribution is 0.0639. The molecule has 0 radical (unpaired) electrons. The van der Waals surface area contributed by atoms with Gasteiger partial charge in [-0.15, -0.1) is 11.3 Å². The Morgan fingerprint density at radius 3 is 3.12 bits per heavy atom. The number of amides is 1. The Morgan fingerprint density at radius 2 is 2.38 bits per heavy atom. The second kappa shape index (κ2) is 7.33. The number of carbonyl (C=O) groups is 1. The largest absolute Gasteiger partial charge is 0.397 e. The molecular formula is C16H22N4O3S. The Hall–Kier alpha value is -1.90. The maximum absolute atomic E-state index is 11.6. The summed E-state index contributed by atoms with van der Waals surface area (Å²) in [7, 11) is 0. The predicted octanol–water partition coefficient (Wildman–Crippen LogP) is 1.20. The number of hydrogen-bond donors (Lipinski definition) is 3. The van der Waals surface area contributed by atoms with E-state index in [0.29, 0.717) is 29.7 Å². The van der Waals surface area contributed by atoms with Crippen LogP contribution in [0.2, 0.25) is 0 Å². The highest BCUT2D eigenvalue weighted by Gasteiger charge is 2.24. The standard InChI is InChI=1S/C16H22N4O3S/c17-13-12-11(3-4-19-16(12)24-14(13)15(18)22)20-5-1-2-10(8-20)9-23-7-6-21/h3-4,10,21H,1-2,5-9,17H2,(H2,18,22). The van der Waals surface area contributed by atoms with Gasteiger partial charge in [0.25, 0.3) is 5.91 Å². The van der Waals surface area contributed by atoms with E-state index in [9.17, 15) is 4.79 Å². The van der Waals surface area contributed by atoms with E-state index < -0.39 is 5.91 Å². The third kappa shape index (κ3) is 3.31. The van der Waals surface area contributed by atoms with E-state index in [1.165, 1.54) is 11.3 Å². The van der Waals surface area contributed by atoms with Crippen LogP contribution in [0.4, 0.5) is 11.4 Å². The van der Waals surface area contributed by atoms with Gasteiger partial charge in [-0.25, -0.2) is 4.98 Å². The number of primary amides is 1. The highest BCUT2D eigenvalue weighted by Crippen LogP contribution is 2.39. The molecule has 3 rings (SSSR count). The molecule has 130 valence electrons. The number of carbonyl (C=O) groups excluding carboxylic acids is 1. The third-order valence-corrected chi connectivity index (χ3v) is 5.41. The summed E-state index contributed by atoms with van der Waals surface area (Å²) in [6.45, 7) is 2.83. The Bertz CT molecular complexity index is 733. The summed E-state index contributed by atoms with van der Waals surface area (Å²) in [5, 5.41) is 9.64. The van der Waals surface area contributed by atoms with Gasteiger partial charge in [0.1, 0.15) is 9.71 Å². The van der Waals surface area contributed by atoms with E-state index in [1.807, 2.05) is 6.07 Å². The number of piperidine rings is 1. The van der Waals surface area contributed by atoms with Gasteiger partial charge in [-0.3, -0.25) is 4.79 Å². The molecule has 0 spiro atoms. The summed E-state index contributed by atoms with van der Waals surface area (Å²) in [6, 6.07) is 1.94. The van der Waals surface area contributed by atoms with Gasteiger partial charge in [-0.2, -0.15) is 0 Å². The summed E-state index contributed by atoms with van der Waals surface area (Å²) in [4.78, 5) is 19.3. The Morgan fingerprint density at radius 1 is 1.54 bits per heavy atom. The number of aliphatic hydroxyl groups excluding tert-OH is 1. The number of nitrogens with two attached hydrogens (primary N) is 2. The first-order chi connectivity index (χ1) is 11.6. The third-order valence-electron chi connectivity index (χ3n) is 4.28. The van der Waals surface area contributed by atoms with Gasteiger partial charge in [0.2, 0.25) is 0 Å². The molecule has 0 aliphatic carbocycles. The number of nitrogen functional groups attached to an aromatic ring is 1. The van der Waals surface area contributed by atoms with Crippen LogP contribution in [0.25, 0.3) is 10.2 Å². The lowest BCUT2D eigenvalue weighted by Crippen LogP contribution is -2.37. The quantitative estimate of drug-likeness (QED) is 0.675. The molecule has 1 aliphatic heterocycles. The first-order valence-electron chi connectivity index (χ1n) is 8.02. The van der Waals surface area contributed by atoms with Crippen LogP contribution in [-0.4, -0.2) is 48.9 Å². The maximum atomic E-state index is 11.6. The molecule has 3 heterocycles. The van der Waals surface area contributed by atoms with Crippen molar-refractivity contribution in [1.82, 2.24) is 4.98 Å². The van der Waals surface area contributed by atoms with Crippen molar-refractivity contribution >= 4 is 38.8 Å². The fourth-order valence-electron chi connectivity index (χ4n) is 3.21. The van der Waals surface area contributed by atoms with Gasteiger partial charge in [0.05, 0.1) is 36.6 Å². The SMILES string of the molecule is NC(=O)c1sc2nccc(N3CCCC(COCCO)C3)c2c1N. The van der Waals surface area contributed by atoms with Crippen molar-refractivity contribution in [3.05, 3.63) is 17.1 Å². The van der Waals surface area contributed by atoms with E-state index in [2.05, 4.69) is 9.88 Å². The fourth-order valence-corrected chi connectivity index (χ4v) is 4.15. The summed E-state index contributed by atoms with van der Waals surface area (Å²) < 4.78 is 5.48. The number of fused-ring (bicyclic) bond motifs is 1. The van der Waals surface area contributed by atoms with E-state index in [4.69, 9.17) is 21.3 Å². The molecule has 1 aliphatic rings. The van der Waals surface area contributed by atoms with Crippen LogP contribution < -0.4 is 16.4 Å². The normalized spacial score (nSPS) is 18.2. The molecule has 0 bridgehead atoms. The average molecular weight is 350 g/mol. The monoisotopic (exact) mass is 350 g/mol. The molecule has 7 nitrogen and oxygen atoms in total. The van der Waals surface area contributed by atoms with Gasteiger partial charge in [0.15, 0.2) is 0 Å². The second-order valence-electron chi connectivity index (χ2n) is 5.97. The number of aromatic nitrogens is 1. The number of aliphatic hydroxyl groups is 1. The van der Waals surface area contributed by atoms with Crippen molar-refractivity contribution in [3.63, 3.8) is 0 Å². The zero-order valence-electron chi connectivity index (χ0n) is 13.4. The molecule has 1 saturated heterocycles. The van der Waals surface area contributed by atoms with Crippen molar-refractivity contribution in [3.8, 4) is 0 Å². The van der Waals surface area contributed by atoms with E-state index in [0.717, 1.165) is 41.8 Å². The predicted molar refractivity (Wildman–Crippen MR) is 95.4 cm³/mol. The number of rotatable bonds is 6. The van der Waals surface area contributed by atoms with Crippen molar-refractivity contribution in [1.29, 1.82) is 0 Å². The molecule has 8 heteroatoms. The van der Waals surface area contributed by atoms with E-state index >= 15 is 0 Å². The Balaban J connectivity index is 1.87. The average Bonchev–Trinajstić information content (AvgIpc) is 2.93. The lowest BCUT2D eigenvalue weighted by Gasteiger charge is -2.34. The number of pyridine rings is 1. The van der Waals surface area contributed by atoms with Gasteiger partial charge in [-0.1, -0.05) is 0 Å². The number of hydrogen-bond acceptors (Lipinski definition) is 7. The van der Waals surface area contributed by atoms with Crippen LogP contribution in [0, 0.1) is 5.92 Å². The van der Waals surface area contributed by atoms with E-state index in [1.54, 1.807) is 6.20 Å². The summed E-state index contributed by atoms with van der Waals surface area (Å²) in [5.41, 5.74) is 13.0. The van der Waals surface area contributed by atoms with Crippen LogP contribution in [0.5, 0.6) is 0 Å². The highest BCUT2D eigenvalue weighted by atomic mass is 32.1. The molecule has 1 atom stereocenters. The van der Waals surface area contributed by atoms with Gasteiger partial charge >= 0.3 is 0 Å². The zero-order valence-corrected chi connectivity index (χ0v) is 14.2. The minimum atomic E-state index is -0.518. The first-order valence-corrected chi connectivity index (χ1v) is 8.83. The van der Waals surface area contributed by atoms with Crippen molar-refractivity contribution in [2.45, 2.75) is 12.8 Å². The molecule has 0 saturated carbocycles. The molecule has 1 fully saturated rings. The van der Waals surface area contributed by atoms with Crippen molar-refractivity contribution in [2.24, 2.45) is 11.7 Å². The maximum Gasteiger partial charge on any atom is 0.260 e. The van der Waals surface area contributed by atoms with Gasteiger partial charge in [0, 0.05) is 19.3 Å². The minimum absolute atomic E-state index is 0.0444. The minimum Gasteiger partial charge on any atom is -0.397 e. The second-order valence-corrected chi connectivity index (χ2v) is 6.97. The summed E-state index contributed by atoms with van der Waals surface area (Å²) in [5.74, 6) is -0.112. The van der Waals surface area contributed by atoms with Crippen molar-refractivity contribution < 1.29 is 14.6 Å². The molecule has 0 aromatic carbocycles. The van der Waals surface area contributed by atoms with Gasteiger partial charge < -0.3 is 26.2 Å². The van der Waals surface area contributed by atoms with Crippen LogP contribution in [0.1, 0.15) is 22.5 Å². The molecule has 2 aromatic heterocycles. The van der Waals surface area contributed by atoms with Crippen LogP contribution in [0.3, 0.4) is 0 Å². The molecule has 2 aromatic rings. The fraction of sp³-hybridized carbons (Fsp3) is 0.500. The number of anilines is 2. The van der Waals surface area contributed by atoms with Crippen molar-refractivity contribution in [2.75, 3.05) is 43.5 Å². The summed E-state index contributed by atoms with van der Waals surface area (Å²) >= 11 is 1.24. The Labute approximate surface area is 144 Å².